The van der Waals surface area contributed by atoms with Crippen LogP contribution in [0, 0.1) is 12.7 Å². The largest absolute Gasteiger partial charge is 0.419 e. The van der Waals surface area contributed by atoms with Crippen molar-refractivity contribution in [3.05, 3.63) is 58.7 Å². The predicted molar refractivity (Wildman–Crippen MR) is 114 cm³/mol. The van der Waals surface area contributed by atoms with Gasteiger partial charge in [0.25, 0.3) is 0 Å². The van der Waals surface area contributed by atoms with Crippen molar-refractivity contribution in [2.45, 2.75) is 45.3 Å². The quantitative estimate of drug-likeness (QED) is 0.538. The summed E-state index contributed by atoms with van der Waals surface area (Å²) < 4.78 is 54.0. The number of nitrogens with one attached hydrogen (secondary N) is 1. The molecule has 0 saturated heterocycles. The molecular weight excluding hydrogens is 424 g/mol. The summed E-state index contributed by atoms with van der Waals surface area (Å²) in [5, 5.41) is 3.65. The third-order valence-electron chi connectivity index (χ3n) is 5.95. The second kappa shape index (κ2) is 7.15. The van der Waals surface area contributed by atoms with Gasteiger partial charge in [0.05, 0.1) is 22.5 Å². The minimum Gasteiger partial charge on any atom is -0.363 e. The van der Waals surface area contributed by atoms with Crippen molar-refractivity contribution in [3.8, 4) is 0 Å². The molecule has 9 heteroatoms. The Hall–Kier alpha value is -3.23. The zero-order valence-corrected chi connectivity index (χ0v) is 18.2. The first kappa shape index (κ1) is 22.0. The monoisotopic (exact) mass is 446 g/mol. The lowest BCUT2D eigenvalue weighted by atomic mass is 9.85. The van der Waals surface area contributed by atoms with E-state index in [0.29, 0.717) is 28.6 Å². The number of alkyl halides is 3. The Morgan fingerprint density at radius 2 is 1.84 bits per heavy atom. The van der Waals surface area contributed by atoms with Gasteiger partial charge in [0.1, 0.15) is 17.5 Å². The van der Waals surface area contributed by atoms with Gasteiger partial charge in [0.2, 0.25) is 5.91 Å². The summed E-state index contributed by atoms with van der Waals surface area (Å²) in [7, 11) is 1.70. The van der Waals surface area contributed by atoms with Crippen molar-refractivity contribution >= 4 is 28.3 Å². The van der Waals surface area contributed by atoms with Gasteiger partial charge in [-0.2, -0.15) is 13.2 Å². The fourth-order valence-electron chi connectivity index (χ4n) is 4.20. The molecule has 5 nitrogen and oxygen atoms in total. The number of carbonyl (C=O) groups is 1. The van der Waals surface area contributed by atoms with Gasteiger partial charge in [-0.25, -0.2) is 14.4 Å². The van der Waals surface area contributed by atoms with Crippen LogP contribution in [0.2, 0.25) is 0 Å². The highest BCUT2D eigenvalue weighted by Gasteiger charge is 2.42. The molecule has 32 heavy (non-hydrogen) atoms. The molecule has 1 atom stereocenters. The summed E-state index contributed by atoms with van der Waals surface area (Å²) in [6.45, 7) is 6.90. The van der Waals surface area contributed by atoms with E-state index >= 15 is 0 Å². The molecule has 1 aliphatic heterocycles. The average Bonchev–Trinajstić information content (AvgIpc) is 2.86. The molecule has 0 radical (unpaired) electrons. The first-order valence-electron chi connectivity index (χ1n) is 10.1. The highest BCUT2D eigenvalue weighted by Crippen LogP contribution is 2.43. The van der Waals surface area contributed by atoms with E-state index < -0.39 is 29.0 Å². The molecule has 1 amide bonds. The van der Waals surface area contributed by atoms with Gasteiger partial charge in [-0.15, -0.1) is 0 Å². The van der Waals surface area contributed by atoms with Crippen LogP contribution in [0.3, 0.4) is 0 Å². The van der Waals surface area contributed by atoms with Gasteiger partial charge in [-0.3, -0.25) is 4.79 Å². The second-order valence-electron chi connectivity index (χ2n) is 8.57. The number of likely N-dealkylation sites (N-methyl/N-ethyl adjacent to an activating group) is 1. The number of carbonyl (C=O) groups excluding carboxylic acids is 1. The summed E-state index contributed by atoms with van der Waals surface area (Å²) in [5.41, 5.74) is -0.0690. The SMILES string of the molecule is Cc1nc(NC(C)c2cccc(C(F)(F)F)c2F)c2cc3c(cc2n1)N(C)C(=O)C3(C)C. The normalized spacial score (nSPS) is 16.4. The molecule has 0 bridgehead atoms. The van der Waals surface area contributed by atoms with E-state index in [4.69, 9.17) is 0 Å². The number of aryl methyl sites for hydroxylation is 1. The lowest BCUT2D eigenvalue weighted by molar-refractivity contribution is -0.140. The first-order chi connectivity index (χ1) is 14.8. The molecule has 1 aliphatic rings. The van der Waals surface area contributed by atoms with Crippen molar-refractivity contribution in [2.24, 2.45) is 0 Å². The molecule has 168 valence electrons. The third-order valence-corrected chi connectivity index (χ3v) is 5.95. The summed E-state index contributed by atoms with van der Waals surface area (Å²) in [5.74, 6) is -0.578. The first-order valence-corrected chi connectivity index (χ1v) is 10.1. The summed E-state index contributed by atoms with van der Waals surface area (Å²) >= 11 is 0. The Kier molecular flexibility index (Phi) is 4.91. The van der Waals surface area contributed by atoms with E-state index in [-0.39, 0.29) is 11.5 Å². The maximum atomic E-state index is 14.6. The highest BCUT2D eigenvalue weighted by atomic mass is 19.4. The van der Waals surface area contributed by atoms with Crippen LogP contribution in [0.4, 0.5) is 29.1 Å². The number of amides is 1. The summed E-state index contributed by atoms with van der Waals surface area (Å²) in [6.07, 6.45) is -4.79. The van der Waals surface area contributed by atoms with Crippen molar-refractivity contribution in [1.82, 2.24) is 9.97 Å². The number of aromatic nitrogens is 2. The molecule has 1 aromatic heterocycles. The Balaban J connectivity index is 1.81. The molecule has 0 aliphatic carbocycles. The molecule has 1 N–H and O–H groups in total. The van der Waals surface area contributed by atoms with Crippen LogP contribution >= 0.6 is 0 Å². The maximum Gasteiger partial charge on any atom is 0.419 e. The van der Waals surface area contributed by atoms with Gasteiger partial charge in [0, 0.05) is 23.7 Å². The smallest absolute Gasteiger partial charge is 0.363 e. The van der Waals surface area contributed by atoms with Crippen molar-refractivity contribution in [2.75, 3.05) is 17.3 Å². The van der Waals surface area contributed by atoms with Crippen LogP contribution in [-0.4, -0.2) is 22.9 Å². The zero-order valence-electron chi connectivity index (χ0n) is 18.2. The predicted octanol–water partition coefficient (Wildman–Crippen LogP) is 5.52. The fraction of sp³-hybridized carbons (Fsp3) is 0.348. The van der Waals surface area contributed by atoms with E-state index in [0.717, 1.165) is 11.3 Å². The zero-order chi connectivity index (χ0) is 23.6. The molecule has 3 aromatic rings. The van der Waals surface area contributed by atoms with Gasteiger partial charge < -0.3 is 10.2 Å². The van der Waals surface area contributed by atoms with Crippen LogP contribution in [-0.2, 0) is 16.4 Å². The second-order valence-corrected chi connectivity index (χ2v) is 8.57. The number of nitrogens with zero attached hydrogens (tertiary/aromatic N) is 3. The number of halogens is 4. The van der Waals surface area contributed by atoms with Gasteiger partial charge >= 0.3 is 6.18 Å². The molecule has 2 aromatic carbocycles. The standard InChI is InChI=1S/C23H22F4N4O/c1-11(13-7-6-8-15(19(13)24)23(25,26)27)28-20-14-9-16-18(10-17(14)29-12(2)30-20)31(5)21(32)22(16,3)4/h6-11H,1-5H3,(H,28,29,30). The van der Waals surface area contributed by atoms with E-state index in [1.54, 1.807) is 31.9 Å². The number of benzene rings is 2. The lowest BCUT2D eigenvalue weighted by Crippen LogP contribution is -2.33. The van der Waals surface area contributed by atoms with Gasteiger partial charge in [-0.1, -0.05) is 12.1 Å². The van der Waals surface area contributed by atoms with Crippen LogP contribution in [0.15, 0.2) is 30.3 Å². The maximum absolute atomic E-state index is 14.6. The van der Waals surface area contributed by atoms with Crippen LogP contribution in [0.25, 0.3) is 10.9 Å². The topological polar surface area (TPSA) is 58.1 Å². The Bertz CT molecular complexity index is 1250. The number of fused-ring (bicyclic) bond motifs is 2. The van der Waals surface area contributed by atoms with Crippen LogP contribution in [0.1, 0.15) is 49.3 Å². The molecule has 0 fully saturated rings. The van der Waals surface area contributed by atoms with Crippen molar-refractivity contribution in [1.29, 1.82) is 0 Å². The minimum atomic E-state index is -4.79. The van der Waals surface area contributed by atoms with Crippen LogP contribution < -0.4 is 10.2 Å². The summed E-state index contributed by atoms with van der Waals surface area (Å²) in [6, 6.07) is 6.03. The van der Waals surface area contributed by atoms with E-state index in [9.17, 15) is 22.4 Å². The van der Waals surface area contributed by atoms with Gasteiger partial charge in [-0.05, 0) is 51.5 Å². The Labute approximate surface area is 182 Å². The van der Waals surface area contributed by atoms with Gasteiger partial charge in [0.15, 0.2) is 0 Å². The summed E-state index contributed by atoms with van der Waals surface area (Å²) in [4.78, 5) is 23.1. The van der Waals surface area contributed by atoms with Crippen molar-refractivity contribution < 1.29 is 22.4 Å². The van der Waals surface area contributed by atoms with E-state index in [1.807, 2.05) is 19.9 Å². The van der Waals surface area contributed by atoms with Crippen molar-refractivity contribution in [3.63, 3.8) is 0 Å². The number of anilines is 2. The molecule has 2 heterocycles. The number of rotatable bonds is 3. The van der Waals surface area contributed by atoms with E-state index in [2.05, 4.69) is 15.3 Å². The number of hydrogen-bond acceptors (Lipinski definition) is 4. The fourth-order valence-corrected chi connectivity index (χ4v) is 4.20. The Morgan fingerprint density at radius 1 is 1.16 bits per heavy atom. The third kappa shape index (κ3) is 3.36. The van der Waals surface area contributed by atoms with E-state index in [1.165, 1.54) is 12.1 Å². The molecular formula is C23H22F4N4O. The molecule has 0 spiro atoms. The lowest BCUT2D eigenvalue weighted by Gasteiger charge is -2.20. The minimum absolute atomic E-state index is 0.0543. The average molecular weight is 446 g/mol. The molecule has 1 unspecified atom stereocenters. The molecule has 0 saturated carbocycles. The van der Waals surface area contributed by atoms with Crippen LogP contribution in [0.5, 0.6) is 0 Å². The molecule has 4 rings (SSSR count). The number of hydrogen-bond donors (Lipinski definition) is 1. The highest BCUT2D eigenvalue weighted by molar-refractivity contribution is 6.10. The Morgan fingerprint density at radius 3 is 2.50 bits per heavy atom.